The van der Waals surface area contributed by atoms with Crippen LogP contribution in [0.5, 0.6) is 0 Å². The Morgan fingerprint density at radius 1 is 0.850 bits per heavy atom. The van der Waals surface area contributed by atoms with E-state index in [0.717, 1.165) is 52.2 Å². The molecule has 0 radical (unpaired) electrons. The third-order valence-corrected chi connectivity index (χ3v) is 4.20. The minimum absolute atomic E-state index is 0.497. The van der Waals surface area contributed by atoms with Crippen molar-refractivity contribution in [2.75, 3.05) is 45.8 Å². The number of benzene rings is 1. The molecule has 1 heterocycles. The van der Waals surface area contributed by atoms with E-state index in [2.05, 4.69) is 68.1 Å². The molecule has 1 aromatic carbocycles. The van der Waals surface area contributed by atoms with Crippen LogP contribution in [0, 0.1) is 3.57 Å². The highest BCUT2D eigenvalue weighted by Gasteiger charge is 2.09. The molecular weight excluding hydrogens is 363 g/mol. The molecule has 1 fully saturated rings. The molecule has 0 aliphatic carbocycles. The lowest BCUT2D eigenvalue weighted by Gasteiger charge is -2.21. The number of hydrogen-bond donors (Lipinski definition) is 4. The lowest BCUT2D eigenvalue weighted by molar-refractivity contribution is 0.450. The topological polar surface area (TPSA) is 48.1 Å². The Balaban J connectivity index is 1.83. The molecule has 5 heteroatoms. The summed E-state index contributed by atoms with van der Waals surface area (Å²) in [5.74, 6) is 0. The van der Waals surface area contributed by atoms with Gasteiger partial charge in [0.25, 0.3) is 0 Å². The van der Waals surface area contributed by atoms with Gasteiger partial charge in [0, 0.05) is 55.4 Å². The molecular formula is C15H25IN4. The number of nitrogens with one attached hydrogen (secondary N) is 4. The molecule has 1 saturated heterocycles. The predicted molar refractivity (Wildman–Crippen MR) is 93.3 cm³/mol. The van der Waals surface area contributed by atoms with Crippen molar-refractivity contribution < 1.29 is 0 Å². The Kier molecular flexibility index (Phi) is 7.82. The Morgan fingerprint density at radius 2 is 1.45 bits per heavy atom. The lowest BCUT2D eigenvalue weighted by Crippen LogP contribution is -2.46. The van der Waals surface area contributed by atoms with E-state index in [9.17, 15) is 0 Å². The van der Waals surface area contributed by atoms with Gasteiger partial charge < -0.3 is 21.3 Å². The SMILES string of the molecule is Ic1ccc(C[C@H]2CNCCNCCNCCN2)cc1. The van der Waals surface area contributed by atoms with Gasteiger partial charge in [0.2, 0.25) is 0 Å². The van der Waals surface area contributed by atoms with Crippen LogP contribution >= 0.6 is 22.6 Å². The fourth-order valence-corrected chi connectivity index (χ4v) is 2.73. The van der Waals surface area contributed by atoms with Gasteiger partial charge in [-0.05, 0) is 46.7 Å². The van der Waals surface area contributed by atoms with Crippen LogP contribution < -0.4 is 21.3 Å². The van der Waals surface area contributed by atoms with E-state index in [4.69, 9.17) is 0 Å². The third kappa shape index (κ3) is 6.49. The van der Waals surface area contributed by atoms with Gasteiger partial charge in [-0.25, -0.2) is 0 Å². The molecule has 1 aromatic rings. The van der Waals surface area contributed by atoms with Crippen LogP contribution in [0.3, 0.4) is 0 Å². The summed E-state index contributed by atoms with van der Waals surface area (Å²) in [5.41, 5.74) is 1.41. The highest BCUT2D eigenvalue weighted by atomic mass is 127. The summed E-state index contributed by atoms with van der Waals surface area (Å²) in [5, 5.41) is 14.1. The average Bonchev–Trinajstić information content (AvgIpc) is 2.44. The summed E-state index contributed by atoms with van der Waals surface area (Å²) >= 11 is 2.35. The maximum atomic E-state index is 3.65. The smallest absolute Gasteiger partial charge is 0.0233 e. The van der Waals surface area contributed by atoms with Crippen LogP contribution in [-0.2, 0) is 6.42 Å². The summed E-state index contributed by atoms with van der Waals surface area (Å²) < 4.78 is 1.30. The molecule has 0 saturated carbocycles. The molecule has 0 amide bonds. The largest absolute Gasteiger partial charge is 0.314 e. The number of rotatable bonds is 2. The minimum Gasteiger partial charge on any atom is -0.314 e. The highest BCUT2D eigenvalue weighted by Crippen LogP contribution is 2.08. The summed E-state index contributed by atoms with van der Waals surface area (Å²) in [6, 6.07) is 9.34. The maximum absolute atomic E-state index is 3.65. The van der Waals surface area contributed by atoms with Crippen LogP contribution in [0.1, 0.15) is 5.56 Å². The van der Waals surface area contributed by atoms with Gasteiger partial charge in [0.15, 0.2) is 0 Å². The van der Waals surface area contributed by atoms with Gasteiger partial charge in [-0.15, -0.1) is 0 Å². The first-order valence-corrected chi connectivity index (χ1v) is 8.52. The molecule has 4 N–H and O–H groups in total. The molecule has 1 aliphatic rings. The fraction of sp³-hybridized carbons (Fsp3) is 0.600. The fourth-order valence-electron chi connectivity index (χ4n) is 2.37. The first-order chi connectivity index (χ1) is 9.84. The predicted octanol–water partition coefficient (Wildman–Crippen LogP) is 0.574. The van der Waals surface area contributed by atoms with E-state index in [0.29, 0.717) is 6.04 Å². The van der Waals surface area contributed by atoms with E-state index in [1.54, 1.807) is 0 Å². The highest BCUT2D eigenvalue weighted by molar-refractivity contribution is 14.1. The van der Waals surface area contributed by atoms with Crippen molar-refractivity contribution in [3.8, 4) is 0 Å². The van der Waals surface area contributed by atoms with Gasteiger partial charge in [-0.2, -0.15) is 0 Å². The molecule has 2 rings (SSSR count). The quantitative estimate of drug-likeness (QED) is 0.560. The van der Waals surface area contributed by atoms with Crippen molar-refractivity contribution in [3.63, 3.8) is 0 Å². The molecule has 112 valence electrons. The monoisotopic (exact) mass is 388 g/mol. The van der Waals surface area contributed by atoms with E-state index in [1.807, 2.05) is 0 Å². The molecule has 0 unspecified atom stereocenters. The van der Waals surface area contributed by atoms with Crippen molar-refractivity contribution in [1.29, 1.82) is 0 Å². The molecule has 0 spiro atoms. The van der Waals surface area contributed by atoms with Crippen LogP contribution in [0.25, 0.3) is 0 Å². The summed E-state index contributed by atoms with van der Waals surface area (Å²) in [4.78, 5) is 0. The second-order valence-corrected chi connectivity index (χ2v) is 6.43. The Bertz CT molecular complexity index is 357. The van der Waals surface area contributed by atoms with E-state index in [-0.39, 0.29) is 0 Å². The van der Waals surface area contributed by atoms with Crippen LogP contribution in [0.4, 0.5) is 0 Å². The summed E-state index contributed by atoms with van der Waals surface area (Å²) in [6.07, 6.45) is 1.08. The molecule has 0 aromatic heterocycles. The zero-order valence-corrected chi connectivity index (χ0v) is 14.1. The first kappa shape index (κ1) is 16.2. The molecule has 20 heavy (non-hydrogen) atoms. The van der Waals surface area contributed by atoms with Gasteiger partial charge in [0.1, 0.15) is 0 Å². The minimum atomic E-state index is 0.497. The van der Waals surface area contributed by atoms with Crippen molar-refractivity contribution in [1.82, 2.24) is 21.3 Å². The second-order valence-electron chi connectivity index (χ2n) is 5.19. The van der Waals surface area contributed by atoms with Crippen LogP contribution in [0.15, 0.2) is 24.3 Å². The maximum Gasteiger partial charge on any atom is 0.0233 e. The lowest BCUT2D eigenvalue weighted by atomic mass is 10.1. The number of halogens is 1. The van der Waals surface area contributed by atoms with E-state index < -0.39 is 0 Å². The van der Waals surface area contributed by atoms with Crippen molar-refractivity contribution in [2.24, 2.45) is 0 Å². The number of hydrogen-bond acceptors (Lipinski definition) is 4. The van der Waals surface area contributed by atoms with E-state index >= 15 is 0 Å². The third-order valence-electron chi connectivity index (χ3n) is 3.48. The Morgan fingerprint density at radius 3 is 2.15 bits per heavy atom. The average molecular weight is 388 g/mol. The molecule has 1 atom stereocenters. The summed E-state index contributed by atoms with van der Waals surface area (Å²) in [6.45, 7) is 7.25. The Hall–Kier alpha value is -0.210. The second kappa shape index (κ2) is 9.68. The zero-order chi connectivity index (χ0) is 14.0. The molecule has 0 bridgehead atoms. The van der Waals surface area contributed by atoms with Gasteiger partial charge in [-0.1, -0.05) is 12.1 Å². The van der Waals surface area contributed by atoms with Crippen LogP contribution in [0.2, 0.25) is 0 Å². The standard InChI is InChI=1S/C15H25IN4/c16-14-3-1-13(2-4-14)11-15-12-19-8-7-17-5-6-18-9-10-20-15/h1-4,15,17-20H,5-12H2/t15-/m0/s1. The normalized spacial score (nSPS) is 22.8. The van der Waals surface area contributed by atoms with Crippen molar-refractivity contribution >= 4 is 22.6 Å². The van der Waals surface area contributed by atoms with E-state index in [1.165, 1.54) is 9.13 Å². The van der Waals surface area contributed by atoms with Gasteiger partial charge >= 0.3 is 0 Å². The van der Waals surface area contributed by atoms with Gasteiger partial charge in [-0.3, -0.25) is 0 Å². The van der Waals surface area contributed by atoms with Crippen molar-refractivity contribution in [2.45, 2.75) is 12.5 Å². The van der Waals surface area contributed by atoms with Crippen LogP contribution in [-0.4, -0.2) is 51.9 Å². The molecule has 4 nitrogen and oxygen atoms in total. The first-order valence-electron chi connectivity index (χ1n) is 7.44. The summed E-state index contributed by atoms with van der Waals surface area (Å²) in [7, 11) is 0. The van der Waals surface area contributed by atoms with Gasteiger partial charge in [0.05, 0.1) is 0 Å². The molecule has 1 aliphatic heterocycles. The van der Waals surface area contributed by atoms with Crippen molar-refractivity contribution in [3.05, 3.63) is 33.4 Å². The zero-order valence-electron chi connectivity index (χ0n) is 11.9. The Labute approximate surface area is 135 Å².